The van der Waals surface area contributed by atoms with Crippen LogP contribution in [-0.4, -0.2) is 12.6 Å². The predicted molar refractivity (Wildman–Crippen MR) is 45.3 cm³/mol. The van der Waals surface area contributed by atoms with E-state index in [1.807, 2.05) is 0 Å². The normalized spacial score (nSPS) is 9.00. The molecule has 0 unspecified atom stereocenters. The van der Waals surface area contributed by atoms with E-state index in [1.165, 1.54) is 0 Å². The van der Waals surface area contributed by atoms with Gasteiger partial charge in [-0.2, -0.15) is 5.26 Å². The minimum atomic E-state index is -0.257. The molecule has 0 N–H and O–H groups in total. The molecule has 0 aromatic heterocycles. The van der Waals surface area contributed by atoms with Gasteiger partial charge in [0.1, 0.15) is 6.07 Å². The molecule has 0 bridgehead atoms. The van der Waals surface area contributed by atoms with E-state index in [0.717, 1.165) is 25.7 Å². The van der Waals surface area contributed by atoms with Gasteiger partial charge in [-0.05, 0) is 6.42 Å². The fourth-order valence-corrected chi connectivity index (χ4v) is 0.881. The van der Waals surface area contributed by atoms with Crippen LogP contribution in [0, 0.1) is 11.3 Å². The second kappa shape index (κ2) is 8.06. The first-order chi connectivity index (χ1) is 5.81. The Labute approximate surface area is 73.3 Å². The number of hydrogen-bond donors (Lipinski definition) is 0. The van der Waals surface area contributed by atoms with Gasteiger partial charge in [-0.1, -0.05) is 26.2 Å². The quantitative estimate of drug-likeness (QED) is 0.451. The Morgan fingerprint density at radius 1 is 1.42 bits per heavy atom. The molecule has 0 heterocycles. The zero-order valence-corrected chi connectivity index (χ0v) is 7.51. The highest BCUT2D eigenvalue weighted by atomic mass is 16.5. The van der Waals surface area contributed by atoms with Crippen molar-refractivity contribution in [2.45, 2.75) is 39.0 Å². The number of carbonyl (C=O) groups excluding carboxylic acids is 1. The van der Waals surface area contributed by atoms with E-state index < -0.39 is 0 Å². The summed E-state index contributed by atoms with van der Waals surface area (Å²) in [5.74, 6) is -0.257. The van der Waals surface area contributed by atoms with Gasteiger partial charge in [-0.25, -0.2) is 0 Å². The Kier molecular flexibility index (Phi) is 7.36. The van der Waals surface area contributed by atoms with Crippen molar-refractivity contribution >= 4 is 5.97 Å². The van der Waals surface area contributed by atoms with Gasteiger partial charge in [0.05, 0.1) is 0 Å². The van der Waals surface area contributed by atoms with Gasteiger partial charge in [0.25, 0.3) is 0 Å². The third-order valence-electron chi connectivity index (χ3n) is 1.53. The first kappa shape index (κ1) is 11.0. The Hall–Kier alpha value is -1.04. The summed E-state index contributed by atoms with van der Waals surface area (Å²) >= 11 is 0. The molecule has 0 saturated carbocycles. The average Bonchev–Trinajstić information content (AvgIpc) is 2.09. The van der Waals surface area contributed by atoms with Crippen LogP contribution >= 0.6 is 0 Å². The predicted octanol–water partition coefficient (Wildman–Crippen LogP) is 2.02. The topological polar surface area (TPSA) is 50.1 Å². The molecule has 0 aliphatic rings. The largest absolute Gasteiger partial charge is 0.450 e. The van der Waals surface area contributed by atoms with Crippen LogP contribution in [0.25, 0.3) is 0 Å². The number of carbonyl (C=O) groups is 1. The monoisotopic (exact) mass is 169 g/mol. The third-order valence-corrected chi connectivity index (χ3v) is 1.53. The molecule has 0 aromatic carbocycles. The Morgan fingerprint density at radius 3 is 2.75 bits per heavy atom. The summed E-state index contributed by atoms with van der Waals surface area (Å²) in [5, 5.41) is 8.10. The number of esters is 1. The number of ether oxygens (including phenoxy) is 1. The van der Waals surface area contributed by atoms with Crippen molar-refractivity contribution in [2.24, 2.45) is 0 Å². The maximum absolute atomic E-state index is 10.8. The Morgan fingerprint density at radius 2 is 2.17 bits per heavy atom. The number of nitrogens with zero attached hydrogens (tertiary/aromatic N) is 1. The van der Waals surface area contributed by atoms with Gasteiger partial charge < -0.3 is 4.74 Å². The van der Waals surface area contributed by atoms with Crippen LogP contribution in [0.1, 0.15) is 39.0 Å². The van der Waals surface area contributed by atoms with Crippen molar-refractivity contribution in [1.82, 2.24) is 0 Å². The second-order valence-electron chi connectivity index (χ2n) is 2.63. The van der Waals surface area contributed by atoms with Crippen molar-refractivity contribution < 1.29 is 9.53 Å². The van der Waals surface area contributed by atoms with Crippen LogP contribution in [0.4, 0.5) is 0 Å². The molecule has 0 amide bonds. The SMILES string of the molecule is CCCCCCC(=O)OCC#N. The van der Waals surface area contributed by atoms with E-state index in [0.29, 0.717) is 6.42 Å². The van der Waals surface area contributed by atoms with Crippen LogP contribution in [0.2, 0.25) is 0 Å². The summed E-state index contributed by atoms with van der Waals surface area (Å²) in [6.45, 7) is 2.00. The number of rotatable bonds is 6. The molecule has 0 fully saturated rings. The van der Waals surface area contributed by atoms with Gasteiger partial charge >= 0.3 is 5.97 Å². The summed E-state index contributed by atoms with van der Waals surface area (Å²) in [5.41, 5.74) is 0. The minimum absolute atomic E-state index is 0.118. The van der Waals surface area contributed by atoms with Crippen LogP contribution in [0.5, 0.6) is 0 Å². The highest BCUT2D eigenvalue weighted by Crippen LogP contribution is 2.02. The molecular formula is C9H15NO2. The van der Waals surface area contributed by atoms with Gasteiger partial charge in [0.2, 0.25) is 0 Å². The standard InChI is InChI=1S/C9H15NO2/c1-2-3-4-5-6-9(11)12-8-7-10/h2-6,8H2,1H3. The van der Waals surface area contributed by atoms with Gasteiger partial charge in [-0.15, -0.1) is 0 Å². The molecule has 0 spiro atoms. The number of hydrogen-bond acceptors (Lipinski definition) is 3. The van der Waals surface area contributed by atoms with E-state index >= 15 is 0 Å². The summed E-state index contributed by atoms with van der Waals surface area (Å²) in [4.78, 5) is 10.8. The lowest BCUT2D eigenvalue weighted by atomic mass is 10.2. The molecule has 0 atom stereocenters. The fourth-order valence-electron chi connectivity index (χ4n) is 0.881. The smallest absolute Gasteiger partial charge is 0.306 e. The third kappa shape index (κ3) is 7.07. The maximum Gasteiger partial charge on any atom is 0.306 e. The summed E-state index contributed by atoms with van der Waals surface area (Å²) in [7, 11) is 0. The van der Waals surface area contributed by atoms with Crippen molar-refractivity contribution in [2.75, 3.05) is 6.61 Å². The van der Waals surface area contributed by atoms with E-state index in [9.17, 15) is 4.79 Å². The molecule has 12 heavy (non-hydrogen) atoms. The number of unbranched alkanes of at least 4 members (excludes halogenated alkanes) is 3. The Balaban J connectivity index is 3.15. The molecule has 0 rings (SSSR count). The van der Waals surface area contributed by atoms with Crippen molar-refractivity contribution in [3.05, 3.63) is 0 Å². The minimum Gasteiger partial charge on any atom is -0.450 e. The van der Waals surface area contributed by atoms with Crippen molar-refractivity contribution in [3.8, 4) is 6.07 Å². The molecule has 0 aliphatic carbocycles. The van der Waals surface area contributed by atoms with Crippen molar-refractivity contribution in [3.63, 3.8) is 0 Å². The highest BCUT2D eigenvalue weighted by Gasteiger charge is 2.00. The van der Waals surface area contributed by atoms with Crippen LogP contribution in [0.15, 0.2) is 0 Å². The molecule has 0 saturated heterocycles. The lowest BCUT2D eigenvalue weighted by Crippen LogP contribution is -2.03. The zero-order valence-electron chi connectivity index (χ0n) is 7.51. The number of nitriles is 1. The van der Waals surface area contributed by atoms with Gasteiger partial charge in [0.15, 0.2) is 6.61 Å². The van der Waals surface area contributed by atoms with Crippen LogP contribution < -0.4 is 0 Å². The molecule has 68 valence electrons. The maximum atomic E-state index is 10.8. The van der Waals surface area contributed by atoms with E-state index in [2.05, 4.69) is 11.7 Å². The molecule has 0 radical (unpaired) electrons. The molecule has 0 aliphatic heterocycles. The van der Waals surface area contributed by atoms with Crippen LogP contribution in [-0.2, 0) is 9.53 Å². The lowest BCUT2D eigenvalue weighted by Gasteiger charge is -1.99. The first-order valence-electron chi connectivity index (χ1n) is 4.33. The first-order valence-corrected chi connectivity index (χ1v) is 4.33. The van der Waals surface area contributed by atoms with Crippen LogP contribution in [0.3, 0.4) is 0 Å². The molecular weight excluding hydrogens is 154 g/mol. The lowest BCUT2D eigenvalue weighted by molar-refractivity contribution is -0.142. The summed E-state index contributed by atoms with van der Waals surface area (Å²) in [6, 6.07) is 1.76. The molecule has 0 aromatic rings. The van der Waals surface area contributed by atoms with Gasteiger partial charge in [-0.3, -0.25) is 4.79 Å². The van der Waals surface area contributed by atoms with Crippen molar-refractivity contribution in [1.29, 1.82) is 5.26 Å². The summed E-state index contributed by atoms with van der Waals surface area (Å²) < 4.78 is 4.57. The van der Waals surface area contributed by atoms with E-state index in [1.54, 1.807) is 6.07 Å². The summed E-state index contributed by atoms with van der Waals surface area (Å²) in [6.07, 6.45) is 4.71. The molecule has 3 heteroatoms. The average molecular weight is 169 g/mol. The Bertz CT molecular complexity index is 160. The second-order valence-corrected chi connectivity index (χ2v) is 2.63. The molecule has 3 nitrogen and oxygen atoms in total. The van der Waals surface area contributed by atoms with Gasteiger partial charge in [0, 0.05) is 6.42 Å². The fraction of sp³-hybridized carbons (Fsp3) is 0.778. The van der Waals surface area contributed by atoms with E-state index in [4.69, 9.17) is 5.26 Å². The zero-order chi connectivity index (χ0) is 9.23. The van der Waals surface area contributed by atoms with E-state index in [-0.39, 0.29) is 12.6 Å². The highest BCUT2D eigenvalue weighted by molar-refractivity contribution is 5.69.